The summed E-state index contributed by atoms with van der Waals surface area (Å²) in [6.45, 7) is 25.6. The van der Waals surface area contributed by atoms with E-state index in [1.54, 1.807) is 0 Å². The van der Waals surface area contributed by atoms with Crippen LogP contribution < -0.4 is 0 Å². The lowest BCUT2D eigenvalue weighted by atomic mass is 9.90. The molecule has 0 amide bonds. The second kappa shape index (κ2) is 32.0. The Morgan fingerprint density at radius 1 is 0.434 bits per heavy atom. The topological polar surface area (TPSA) is 52.6 Å². The van der Waals surface area contributed by atoms with Gasteiger partial charge in [0.2, 0.25) is 0 Å². The monoisotopic (exact) mass is 751 g/mol. The third-order valence-electron chi connectivity index (χ3n) is 12.3. The second-order valence-electron chi connectivity index (χ2n) is 19.6. The molecule has 6 atom stereocenters. The highest BCUT2D eigenvalue weighted by atomic mass is 16.5. The Kier molecular flexibility index (Phi) is 31.4. The largest absolute Gasteiger partial charge is 0.460 e. The number of rotatable bonds is 36. The molecule has 0 aromatic heterocycles. The van der Waals surface area contributed by atoms with Gasteiger partial charge in [0.05, 0.1) is 14.1 Å². The molecule has 0 aliphatic rings. The smallest absolute Gasteiger partial charge is 0.306 e. The van der Waals surface area contributed by atoms with E-state index in [0.29, 0.717) is 42.4 Å². The zero-order chi connectivity index (χ0) is 40.1. The molecular formula is C48H96NO4+. The summed E-state index contributed by atoms with van der Waals surface area (Å²) < 4.78 is 12.1. The average Bonchev–Trinajstić information content (AvgIpc) is 3.06. The highest BCUT2D eigenvalue weighted by Gasteiger charge is 2.20. The van der Waals surface area contributed by atoms with Gasteiger partial charge in [-0.1, -0.05) is 185 Å². The Labute approximate surface area is 332 Å². The number of quaternary nitrogens is 1. The van der Waals surface area contributed by atoms with Gasteiger partial charge >= 0.3 is 11.9 Å². The number of ether oxygens (including phenoxy) is 2. The molecule has 0 aliphatic carbocycles. The van der Waals surface area contributed by atoms with Crippen LogP contribution in [0.4, 0.5) is 0 Å². The Morgan fingerprint density at radius 2 is 0.698 bits per heavy atom. The van der Waals surface area contributed by atoms with Crippen molar-refractivity contribution in [1.82, 2.24) is 0 Å². The number of nitrogens with zero attached hydrogens (tertiary/aromatic N) is 1. The number of carbonyl (C=O) groups is 2. The minimum atomic E-state index is -0.0649. The Morgan fingerprint density at radius 3 is 0.962 bits per heavy atom. The van der Waals surface area contributed by atoms with Crippen LogP contribution in [0.1, 0.15) is 210 Å². The molecule has 0 rings (SSSR count). The lowest BCUT2D eigenvalue weighted by Gasteiger charge is -2.29. The van der Waals surface area contributed by atoms with Crippen LogP contribution in [-0.4, -0.2) is 56.8 Å². The number of carbonyl (C=O) groups excluding carboxylic acids is 2. The summed E-state index contributed by atoms with van der Waals surface area (Å²) in [4.78, 5) is 25.4. The van der Waals surface area contributed by atoms with Crippen molar-refractivity contribution >= 4 is 11.9 Å². The molecule has 316 valence electrons. The maximum absolute atomic E-state index is 12.7. The number of likely N-dealkylation sites (N-methyl/N-ethyl adjacent to an activating group) is 1. The van der Waals surface area contributed by atoms with E-state index in [1.807, 2.05) is 0 Å². The summed E-state index contributed by atoms with van der Waals surface area (Å²) in [7, 11) is 4.24. The first-order valence-electron chi connectivity index (χ1n) is 23.2. The summed E-state index contributed by atoms with van der Waals surface area (Å²) in [5.41, 5.74) is 0. The lowest BCUT2D eigenvalue weighted by molar-refractivity contribution is -0.890. The molecule has 5 heteroatoms. The fourth-order valence-electron chi connectivity index (χ4n) is 7.88. The lowest BCUT2D eigenvalue weighted by Crippen LogP contribution is -2.45. The zero-order valence-electron chi connectivity index (χ0n) is 38.1. The zero-order valence-corrected chi connectivity index (χ0v) is 38.1. The molecule has 0 aromatic rings. The fraction of sp³-hybridized carbons (Fsp3) is 0.958. The van der Waals surface area contributed by atoms with Crippen molar-refractivity contribution in [2.24, 2.45) is 47.3 Å². The minimum Gasteiger partial charge on any atom is -0.460 e. The van der Waals surface area contributed by atoms with Crippen molar-refractivity contribution in [3.8, 4) is 0 Å². The van der Waals surface area contributed by atoms with Gasteiger partial charge in [-0.2, -0.15) is 0 Å². The van der Waals surface area contributed by atoms with E-state index in [0.717, 1.165) is 74.3 Å². The summed E-state index contributed by atoms with van der Waals surface area (Å²) in [6.07, 6.45) is 26.6. The van der Waals surface area contributed by atoms with Crippen LogP contribution in [0.15, 0.2) is 0 Å². The number of hydrogen-bond acceptors (Lipinski definition) is 4. The van der Waals surface area contributed by atoms with E-state index in [2.05, 4.69) is 83.3 Å². The second-order valence-corrected chi connectivity index (χ2v) is 19.6. The van der Waals surface area contributed by atoms with Crippen LogP contribution >= 0.6 is 0 Å². The predicted octanol–water partition coefficient (Wildman–Crippen LogP) is 13.9. The average molecular weight is 751 g/mol. The highest BCUT2D eigenvalue weighted by Crippen LogP contribution is 2.26. The van der Waals surface area contributed by atoms with Crippen LogP contribution in [0.25, 0.3) is 0 Å². The van der Waals surface area contributed by atoms with Gasteiger partial charge in [0.1, 0.15) is 26.3 Å². The molecule has 0 fully saturated rings. The normalized spacial score (nSPS) is 15.7. The molecule has 0 bridgehead atoms. The van der Waals surface area contributed by atoms with Crippen LogP contribution in [0.5, 0.6) is 0 Å². The van der Waals surface area contributed by atoms with Crippen LogP contribution in [0, 0.1) is 47.3 Å². The molecule has 53 heavy (non-hydrogen) atoms. The standard InChI is InChI=1S/C48H96NO4/c1-13-45(31-19-29-43(9)27-17-25-41(7)23-15-21-39(3)4)37-47(50)52-35-33-49(11,12)34-36-53-48(51)38-46(14-2)32-20-30-44(10)28-18-26-42(8)24-16-22-40(5)6/h39-46H,13-38H2,1-12H3/q+1. The van der Waals surface area contributed by atoms with Gasteiger partial charge in [-0.05, 0) is 60.2 Å². The maximum Gasteiger partial charge on any atom is 0.306 e. The molecular weight excluding hydrogens is 655 g/mol. The SMILES string of the molecule is CCC(CCCC(C)CCCC(C)CCCC(C)C)CC(=O)OCC[N+](C)(C)CCOC(=O)CC(CC)CCCC(C)CCCC(C)CCCC(C)C. The van der Waals surface area contributed by atoms with Gasteiger partial charge in [-0.15, -0.1) is 0 Å². The Bertz CT molecular complexity index is 802. The first-order chi connectivity index (χ1) is 25.1. The fourth-order valence-corrected chi connectivity index (χ4v) is 7.88. The highest BCUT2D eigenvalue weighted by molar-refractivity contribution is 5.70. The van der Waals surface area contributed by atoms with Crippen molar-refractivity contribution in [3.63, 3.8) is 0 Å². The van der Waals surface area contributed by atoms with E-state index < -0.39 is 0 Å². The Hall–Kier alpha value is -1.10. The number of hydrogen-bond donors (Lipinski definition) is 0. The van der Waals surface area contributed by atoms with Crippen molar-refractivity contribution < 1.29 is 23.5 Å². The molecule has 0 spiro atoms. The summed E-state index contributed by atoms with van der Waals surface area (Å²) in [5.74, 6) is 5.60. The van der Waals surface area contributed by atoms with Crippen molar-refractivity contribution in [3.05, 3.63) is 0 Å². The van der Waals surface area contributed by atoms with E-state index in [4.69, 9.17) is 9.47 Å². The van der Waals surface area contributed by atoms with Gasteiger partial charge in [0, 0.05) is 12.8 Å². The van der Waals surface area contributed by atoms with E-state index in [1.165, 1.54) is 103 Å². The van der Waals surface area contributed by atoms with E-state index in [9.17, 15) is 9.59 Å². The third-order valence-corrected chi connectivity index (χ3v) is 12.3. The van der Waals surface area contributed by atoms with Gasteiger partial charge in [0.15, 0.2) is 0 Å². The maximum atomic E-state index is 12.7. The minimum absolute atomic E-state index is 0.0649. The van der Waals surface area contributed by atoms with E-state index >= 15 is 0 Å². The molecule has 0 saturated heterocycles. The molecule has 0 saturated carbocycles. The van der Waals surface area contributed by atoms with Crippen LogP contribution in [0.3, 0.4) is 0 Å². The molecule has 0 heterocycles. The summed E-state index contributed by atoms with van der Waals surface area (Å²) in [6, 6.07) is 0. The molecule has 5 nitrogen and oxygen atoms in total. The van der Waals surface area contributed by atoms with Crippen LogP contribution in [-0.2, 0) is 19.1 Å². The van der Waals surface area contributed by atoms with Gasteiger partial charge in [-0.25, -0.2) is 0 Å². The summed E-state index contributed by atoms with van der Waals surface area (Å²) in [5, 5.41) is 0. The van der Waals surface area contributed by atoms with Crippen molar-refractivity contribution in [1.29, 1.82) is 0 Å². The van der Waals surface area contributed by atoms with Crippen LogP contribution in [0.2, 0.25) is 0 Å². The molecule has 0 aromatic carbocycles. The third kappa shape index (κ3) is 32.8. The molecule has 0 aliphatic heterocycles. The number of esters is 2. The summed E-state index contributed by atoms with van der Waals surface area (Å²) >= 11 is 0. The predicted molar refractivity (Wildman–Crippen MR) is 230 cm³/mol. The molecule has 6 unspecified atom stereocenters. The molecule has 0 N–H and O–H groups in total. The molecule has 0 radical (unpaired) electrons. The first kappa shape index (κ1) is 51.9. The Balaban J connectivity index is 4.13. The van der Waals surface area contributed by atoms with E-state index in [-0.39, 0.29) is 11.9 Å². The first-order valence-corrected chi connectivity index (χ1v) is 23.2. The van der Waals surface area contributed by atoms with Crippen molar-refractivity contribution in [2.45, 2.75) is 210 Å². The quantitative estimate of drug-likeness (QED) is 0.0473. The van der Waals surface area contributed by atoms with Crippen molar-refractivity contribution in [2.75, 3.05) is 40.4 Å². The van der Waals surface area contributed by atoms with Gasteiger partial charge < -0.3 is 14.0 Å². The van der Waals surface area contributed by atoms with Gasteiger partial charge in [0.25, 0.3) is 0 Å². The van der Waals surface area contributed by atoms with Gasteiger partial charge in [-0.3, -0.25) is 9.59 Å².